The first-order valence-corrected chi connectivity index (χ1v) is 6.51. The van der Waals surface area contributed by atoms with Crippen molar-refractivity contribution in [3.8, 4) is 0 Å². The largest absolute Gasteiger partial charge is 0.347 e. The quantitative estimate of drug-likeness (QED) is 0.792. The lowest BCUT2D eigenvalue weighted by molar-refractivity contribution is -0.118. The minimum atomic E-state index is -0.554. The van der Waals surface area contributed by atoms with Crippen molar-refractivity contribution in [3.63, 3.8) is 0 Å². The molecule has 0 spiro atoms. The van der Waals surface area contributed by atoms with Crippen LogP contribution in [-0.2, 0) is 17.8 Å². The number of imidazole rings is 1. The number of carbonyl (C=O) groups is 1. The molecule has 7 heteroatoms. The van der Waals surface area contributed by atoms with Crippen LogP contribution in [0.25, 0.3) is 0 Å². The van der Waals surface area contributed by atoms with E-state index in [1.54, 1.807) is 6.33 Å². The fourth-order valence-corrected chi connectivity index (χ4v) is 2.32. The first-order valence-electron chi connectivity index (χ1n) is 6.14. The molecule has 5 nitrogen and oxygen atoms in total. The van der Waals surface area contributed by atoms with Crippen LogP contribution in [0.1, 0.15) is 11.4 Å². The molecule has 0 radical (unpaired) electrons. The molecule has 1 amide bonds. The Bertz CT molecular complexity index is 658. The highest BCUT2D eigenvalue weighted by Gasteiger charge is 2.26. The van der Waals surface area contributed by atoms with Gasteiger partial charge in [0.2, 0.25) is 5.91 Å². The van der Waals surface area contributed by atoms with Gasteiger partial charge in [0.15, 0.2) is 0 Å². The number of nitrogens with zero attached hydrogens (tertiary/aromatic N) is 1. The third-order valence-electron chi connectivity index (χ3n) is 3.24. The van der Waals surface area contributed by atoms with Gasteiger partial charge in [-0.2, -0.15) is 0 Å². The monoisotopic (exact) mass is 294 g/mol. The highest BCUT2D eigenvalue weighted by atomic mass is 35.5. The number of hydrogen-bond donors (Lipinski definition) is 3. The molecule has 0 saturated carbocycles. The van der Waals surface area contributed by atoms with Crippen molar-refractivity contribution in [1.82, 2.24) is 15.3 Å². The van der Waals surface area contributed by atoms with Crippen molar-refractivity contribution in [2.45, 2.75) is 19.0 Å². The predicted molar refractivity (Wildman–Crippen MR) is 73.0 cm³/mol. The van der Waals surface area contributed by atoms with E-state index >= 15 is 0 Å². The van der Waals surface area contributed by atoms with Crippen LogP contribution < -0.4 is 10.6 Å². The summed E-state index contributed by atoms with van der Waals surface area (Å²) in [6.07, 6.45) is 2.07. The van der Waals surface area contributed by atoms with Gasteiger partial charge in [-0.3, -0.25) is 10.1 Å². The summed E-state index contributed by atoms with van der Waals surface area (Å²) in [5.41, 5.74) is 1.96. The Hall–Kier alpha value is -1.92. The van der Waals surface area contributed by atoms with Crippen LogP contribution in [0, 0.1) is 5.82 Å². The average Bonchev–Trinajstić information content (AvgIpc) is 2.89. The molecule has 1 atom stereocenters. The highest BCUT2D eigenvalue weighted by molar-refractivity contribution is 6.30. The summed E-state index contributed by atoms with van der Waals surface area (Å²) < 4.78 is 13.6. The summed E-state index contributed by atoms with van der Waals surface area (Å²) in [6.45, 7) is 0.538. The Morgan fingerprint density at radius 3 is 3.15 bits per heavy atom. The molecule has 2 heterocycles. The Balaban J connectivity index is 1.71. The van der Waals surface area contributed by atoms with Gasteiger partial charge < -0.3 is 10.3 Å². The lowest BCUT2D eigenvalue weighted by atomic mass is 10.0. The number of carbonyl (C=O) groups excluding carboxylic acids is 1. The molecular weight excluding hydrogens is 283 g/mol. The van der Waals surface area contributed by atoms with E-state index < -0.39 is 11.9 Å². The SMILES string of the molecule is O=C(Nc1ccc(Cl)cc1F)C1Cc2nc[nH]c2CN1. The van der Waals surface area contributed by atoms with Gasteiger partial charge in [0.1, 0.15) is 5.82 Å². The van der Waals surface area contributed by atoms with Gasteiger partial charge >= 0.3 is 0 Å². The summed E-state index contributed by atoms with van der Waals surface area (Å²) in [5.74, 6) is -0.845. The normalized spacial score (nSPS) is 17.6. The smallest absolute Gasteiger partial charge is 0.242 e. The van der Waals surface area contributed by atoms with Gasteiger partial charge in [0.25, 0.3) is 0 Å². The van der Waals surface area contributed by atoms with E-state index in [0.717, 1.165) is 17.5 Å². The highest BCUT2D eigenvalue weighted by Crippen LogP contribution is 2.20. The number of aromatic nitrogens is 2. The fraction of sp³-hybridized carbons (Fsp3) is 0.231. The first kappa shape index (κ1) is 13.1. The molecule has 3 N–H and O–H groups in total. The first-order chi connectivity index (χ1) is 9.63. The topological polar surface area (TPSA) is 69.8 Å². The molecule has 1 unspecified atom stereocenters. The summed E-state index contributed by atoms with van der Waals surface area (Å²) in [7, 11) is 0. The minimum absolute atomic E-state index is 0.119. The zero-order chi connectivity index (χ0) is 14.1. The molecule has 0 saturated heterocycles. The maximum absolute atomic E-state index is 13.6. The van der Waals surface area contributed by atoms with E-state index in [2.05, 4.69) is 20.6 Å². The van der Waals surface area contributed by atoms with Crippen LogP contribution in [0.5, 0.6) is 0 Å². The maximum atomic E-state index is 13.6. The third kappa shape index (κ3) is 2.52. The van der Waals surface area contributed by atoms with Gasteiger partial charge in [0.05, 0.1) is 29.4 Å². The van der Waals surface area contributed by atoms with Crippen LogP contribution in [0.15, 0.2) is 24.5 Å². The third-order valence-corrected chi connectivity index (χ3v) is 3.47. The molecular formula is C13H12ClFN4O. The standard InChI is InChI=1S/C13H12ClFN4O/c14-7-1-2-9(8(15)3-7)19-13(20)11-4-10-12(5-16-11)18-6-17-10/h1-3,6,11,16H,4-5H2,(H,17,18)(H,19,20). The lowest BCUT2D eigenvalue weighted by Crippen LogP contribution is -2.44. The molecule has 1 aliphatic rings. The van der Waals surface area contributed by atoms with Crippen molar-refractivity contribution >= 4 is 23.2 Å². The fourth-order valence-electron chi connectivity index (χ4n) is 2.17. The van der Waals surface area contributed by atoms with E-state index in [1.165, 1.54) is 12.1 Å². The van der Waals surface area contributed by atoms with Gasteiger partial charge in [-0.05, 0) is 18.2 Å². The second-order valence-corrected chi connectivity index (χ2v) is 5.02. The molecule has 0 fully saturated rings. The minimum Gasteiger partial charge on any atom is -0.347 e. The molecule has 20 heavy (non-hydrogen) atoms. The van der Waals surface area contributed by atoms with Gasteiger partial charge in [-0.25, -0.2) is 9.37 Å². The molecule has 0 bridgehead atoms. The van der Waals surface area contributed by atoms with Gasteiger partial charge in [-0.1, -0.05) is 11.6 Å². The Morgan fingerprint density at radius 2 is 2.35 bits per heavy atom. The van der Waals surface area contributed by atoms with Crippen molar-refractivity contribution in [2.24, 2.45) is 0 Å². The molecule has 104 valence electrons. The van der Waals surface area contributed by atoms with Crippen molar-refractivity contribution in [3.05, 3.63) is 46.8 Å². The number of fused-ring (bicyclic) bond motifs is 1. The summed E-state index contributed by atoms with van der Waals surface area (Å²) >= 11 is 5.67. The second-order valence-electron chi connectivity index (χ2n) is 4.58. The van der Waals surface area contributed by atoms with E-state index in [9.17, 15) is 9.18 Å². The Morgan fingerprint density at radius 1 is 1.50 bits per heavy atom. The number of anilines is 1. The van der Waals surface area contributed by atoms with Crippen LogP contribution >= 0.6 is 11.6 Å². The Labute approximate surface area is 119 Å². The van der Waals surface area contributed by atoms with E-state index in [4.69, 9.17) is 11.6 Å². The maximum Gasteiger partial charge on any atom is 0.242 e. The molecule has 1 aliphatic heterocycles. The molecule has 3 rings (SSSR count). The van der Waals surface area contributed by atoms with E-state index in [0.29, 0.717) is 13.0 Å². The number of amides is 1. The number of nitrogens with one attached hydrogen (secondary N) is 3. The predicted octanol–water partition coefficient (Wildman–Crippen LogP) is 1.86. The second kappa shape index (κ2) is 5.22. The van der Waals surface area contributed by atoms with Crippen molar-refractivity contribution < 1.29 is 9.18 Å². The van der Waals surface area contributed by atoms with Crippen LogP contribution in [0.4, 0.5) is 10.1 Å². The number of halogens is 2. The zero-order valence-corrected chi connectivity index (χ0v) is 11.2. The number of hydrogen-bond acceptors (Lipinski definition) is 3. The van der Waals surface area contributed by atoms with E-state index in [-0.39, 0.29) is 16.6 Å². The summed E-state index contributed by atoms with van der Waals surface area (Å²) in [4.78, 5) is 19.3. The lowest BCUT2D eigenvalue weighted by Gasteiger charge is -2.22. The number of benzene rings is 1. The molecule has 2 aromatic rings. The van der Waals surface area contributed by atoms with E-state index in [1.807, 2.05) is 0 Å². The number of aromatic amines is 1. The van der Waals surface area contributed by atoms with Gasteiger partial charge in [-0.15, -0.1) is 0 Å². The Kier molecular flexibility index (Phi) is 3.42. The van der Waals surface area contributed by atoms with Crippen LogP contribution in [0.2, 0.25) is 5.02 Å². The number of rotatable bonds is 2. The summed E-state index contributed by atoms with van der Waals surface area (Å²) in [6, 6.07) is 3.71. The molecule has 1 aromatic heterocycles. The van der Waals surface area contributed by atoms with Crippen molar-refractivity contribution in [1.29, 1.82) is 0 Å². The van der Waals surface area contributed by atoms with Crippen LogP contribution in [-0.4, -0.2) is 21.9 Å². The molecule has 0 aliphatic carbocycles. The van der Waals surface area contributed by atoms with Crippen molar-refractivity contribution in [2.75, 3.05) is 5.32 Å². The number of H-pyrrole nitrogens is 1. The van der Waals surface area contributed by atoms with Crippen LogP contribution in [0.3, 0.4) is 0 Å². The molecule has 1 aromatic carbocycles. The summed E-state index contributed by atoms with van der Waals surface area (Å²) in [5, 5.41) is 5.93. The van der Waals surface area contributed by atoms with Gasteiger partial charge in [0, 0.05) is 18.0 Å². The zero-order valence-electron chi connectivity index (χ0n) is 10.4. The average molecular weight is 295 g/mol.